The molecule has 64 heavy (non-hydrogen) atoms. The molecule has 0 aliphatic carbocycles. The van der Waals surface area contributed by atoms with Gasteiger partial charge in [0.2, 0.25) is 0 Å². The molecule has 0 aromatic heterocycles. The van der Waals surface area contributed by atoms with Crippen LogP contribution in [0.1, 0.15) is 168 Å². The van der Waals surface area contributed by atoms with Crippen LogP contribution in [-0.4, -0.2) is 96.0 Å². The molecule has 366 valence electrons. The third-order valence-corrected chi connectivity index (χ3v) is 11.2. The lowest BCUT2D eigenvalue weighted by Crippen LogP contribution is -2.60. The van der Waals surface area contributed by atoms with Gasteiger partial charge in [0.1, 0.15) is 36.8 Å². The molecule has 0 spiro atoms. The minimum Gasteiger partial charge on any atom is -0.462 e. The van der Waals surface area contributed by atoms with Crippen LogP contribution in [-0.2, 0) is 38.7 Å². The van der Waals surface area contributed by atoms with Crippen LogP contribution in [0.5, 0.6) is 0 Å². The van der Waals surface area contributed by atoms with Crippen molar-refractivity contribution in [3.05, 3.63) is 85.1 Å². The van der Waals surface area contributed by atoms with Crippen molar-refractivity contribution in [1.82, 2.24) is 0 Å². The number of hydrogen-bond acceptors (Lipinski definition) is 11. The van der Waals surface area contributed by atoms with Crippen molar-refractivity contribution < 1.29 is 56.8 Å². The molecular formula is C51H84O12S. The monoisotopic (exact) mass is 921 g/mol. The summed E-state index contributed by atoms with van der Waals surface area (Å²) < 4.78 is 54.0. The minimum atomic E-state index is -4.62. The summed E-state index contributed by atoms with van der Waals surface area (Å²) in [5.74, 6) is -2.12. The quantitative estimate of drug-likeness (QED) is 0.0198. The summed E-state index contributed by atoms with van der Waals surface area (Å²) in [5, 5.41) is 30.9. The predicted octanol–water partition coefficient (Wildman–Crippen LogP) is 10.4. The minimum absolute atomic E-state index is 0.0991. The molecule has 0 aromatic rings. The first-order chi connectivity index (χ1) is 31.0. The zero-order valence-electron chi connectivity index (χ0n) is 39.1. The summed E-state index contributed by atoms with van der Waals surface area (Å²) >= 11 is 0. The third kappa shape index (κ3) is 34.2. The fourth-order valence-corrected chi connectivity index (χ4v) is 7.37. The van der Waals surface area contributed by atoms with E-state index < -0.39 is 71.2 Å². The van der Waals surface area contributed by atoms with E-state index in [1.165, 1.54) is 64.2 Å². The highest BCUT2D eigenvalue weighted by Gasteiger charge is 2.46. The topological polar surface area (TPSA) is 186 Å². The number of carbonyl (C=O) groups is 2. The molecule has 1 aliphatic heterocycles. The molecule has 0 amide bonds. The third-order valence-electron chi connectivity index (χ3n) is 10.4. The van der Waals surface area contributed by atoms with Gasteiger partial charge in [-0.05, 0) is 89.9 Å². The van der Waals surface area contributed by atoms with Crippen molar-refractivity contribution in [2.24, 2.45) is 0 Å². The van der Waals surface area contributed by atoms with E-state index in [2.05, 4.69) is 86.8 Å². The first-order valence-electron chi connectivity index (χ1n) is 24.1. The van der Waals surface area contributed by atoms with Crippen LogP contribution in [0, 0.1) is 0 Å². The average Bonchev–Trinajstić information content (AvgIpc) is 3.26. The lowest BCUT2D eigenvalue weighted by molar-refractivity contribution is -0.297. The van der Waals surface area contributed by atoms with Gasteiger partial charge in [-0.3, -0.25) is 14.1 Å². The Morgan fingerprint density at radius 3 is 1.47 bits per heavy atom. The molecular weight excluding hydrogens is 837 g/mol. The first-order valence-corrected chi connectivity index (χ1v) is 25.8. The smallest absolute Gasteiger partial charge is 0.306 e. The molecule has 13 heteroatoms. The number of rotatable bonds is 39. The van der Waals surface area contributed by atoms with Crippen LogP contribution in [0.4, 0.5) is 0 Å². The van der Waals surface area contributed by atoms with Crippen molar-refractivity contribution in [2.45, 2.75) is 205 Å². The number of allylic oxidation sites excluding steroid dienone is 14. The van der Waals surface area contributed by atoms with Crippen LogP contribution < -0.4 is 0 Å². The Balaban J connectivity index is 2.48. The molecule has 0 bridgehead atoms. The van der Waals surface area contributed by atoms with Gasteiger partial charge in [0.15, 0.2) is 12.4 Å². The summed E-state index contributed by atoms with van der Waals surface area (Å²) in [6, 6.07) is 0. The summed E-state index contributed by atoms with van der Waals surface area (Å²) in [6.45, 7) is 3.64. The van der Waals surface area contributed by atoms with E-state index in [4.69, 9.17) is 18.9 Å². The van der Waals surface area contributed by atoms with Crippen molar-refractivity contribution >= 4 is 22.1 Å². The van der Waals surface area contributed by atoms with E-state index in [-0.39, 0.29) is 19.4 Å². The van der Waals surface area contributed by atoms with Gasteiger partial charge in [-0.25, -0.2) is 0 Å². The maximum Gasteiger partial charge on any atom is 0.306 e. The maximum absolute atomic E-state index is 12.8. The van der Waals surface area contributed by atoms with Crippen LogP contribution in [0.3, 0.4) is 0 Å². The van der Waals surface area contributed by atoms with Gasteiger partial charge >= 0.3 is 11.9 Å². The second kappa shape index (κ2) is 40.1. The largest absolute Gasteiger partial charge is 0.462 e. The predicted molar refractivity (Wildman–Crippen MR) is 256 cm³/mol. The van der Waals surface area contributed by atoms with Crippen molar-refractivity contribution in [2.75, 3.05) is 19.0 Å². The number of unbranched alkanes of at least 4 members (excludes halogenated alkanes) is 13. The number of aliphatic hydroxyl groups excluding tert-OH is 3. The van der Waals surface area contributed by atoms with Crippen LogP contribution >= 0.6 is 0 Å². The molecule has 1 rings (SSSR count). The Kier molecular flexibility index (Phi) is 36.9. The molecule has 0 saturated carbocycles. The second-order valence-corrected chi connectivity index (χ2v) is 17.9. The molecule has 4 N–H and O–H groups in total. The van der Waals surface area contributed by atoms with Gasteiger partial charge in [-0.2, -0.15) is 8.42 Å². The second-order valence-electron chi connectivity index (χ2n) is 16.4. The fraction of sp³-hybridized carbons (Fsp3) is 0.686. The fourth-order valence-electron chi connectivity index (χ4n) is 6.67. The summed E-state index contributed by atoms with van der Waals surface area (Å²) in [4.78, 5) is 25.4. The van der Waals surface area contributed by atoms with Gasteiger partial charge < -0.3 is 34.3 Å². The SMILES string of the molecule is CCCCC/C=C/C/C=C/C/C=C/CCCCC(=O)O[C@H](COC(=O)CCC/C=C/C/C=C/C/C=C/C/C=C/CCCCCCCCC)CO[C@H]1O[C@H](CS(=O)(=O)O)[C@@H](O)C(O)C1O. The van der Waals surface area contributed by atoms with Crippen molar-refractivity contribution in [3.8, 4) is 0 Å². The Bertz CT molecular complexity index is 1500. The van der Waals surface area contributed by atoms with Gasteiger partial charge in [-0.1, -0.05) is 150 Å². The molecule has 12 nitrogen and oxygen atoms in total. The number of aliphatic hydroxyl groups is 3. The average molecular weight is 921 g/mol. The lowest BCUT2D eigenvalue weighted by Gasteiger charge is -2.40. The Morgan fingerprint density at radius 2 is 0.953 bits per heavy atom. The number of esters is 2. The van der Waals surface area contributed by atoms with Gasteiger partial charge in [-0.15, -0.1) is 0 Å². The molecule has 0 radical (unpaired) electrons. The Hall–Kier alpha value is -3.17. The van der Waals surface area contributed by atoms with E-state index in [0.29, 0.717) is 19.3 Å². The summed E-state index contributed by atoms with van der Waals surface area (Å²) in [7, 11) is -4.62. The van der Waals surface area contributed by atoms with E-state index in [1.54, 1.807) is 0 Å². The highest BCUT2D eigenvalue weighted by atomic mass is 32.2. The van der Waals surface area contributed by atoms with E-state index in [9.17, 15) is 37.9 Å². The molecule has 1 fully saturated rings. The zero-order valence-corrected chi connectivity index (χ0v) is 39.9. The first kappa shape index (κ1) is 58.8. The Labute approximate surface area is 386 Å². The van der Waals surface area contributed by atoms with Gasteiger partial charge in [0, 0.05) is 12.8 Å². The number of hydrogen-bond donors (Lipinski definition) is 4. The van der Waals surface area contributed by atoms with E-state index in [1.807, 2.05) is 12.2 Å². The van der Waals surface area contributed by atoms with Crippen LogP contribution in [0.25, 0.3) is 0 Å². The molecule has 0 aromatic carbocycles. The molecule has 2 unspecified atom stereocenters. The van der Waals surface area contributed by atoms with Crippen LogP contribution in [0.15, 0.2) is 85.1 Å². The summed E-state index contributed by atoms with van der Waals surface area (Å²) in [6.07, 6.45) is 43.5. The molecule has 1 saturated heterocycles. The molecule has 1 heterocycles. The Morgan fingerprint density at radius 1 is 0.531 bits per heavy atom. The van der Waals surface area contributed by atoms with Gasteiger partial charge in [0.05, 0.1) is 6.61 Å². The lowest BCUT2D eigenvalue weighted by atomic mass is 10.00. The zero-order chi connectivity index (χ0) is 46.9. The summed E-state index contributed by atoms with van der Waals surface area (Å²) in [5.41, 5.74) is 0. The molecule has 6 atom stereocenters. The number of carbonyl (C=O) groups excluding carboxylic acids is 2. The normalized spacial score (nSPS) is 20.4. The van der Waals surface area contributed by atoms with E-state index in [0.717, 1.165) is 57.8 Å². The van der Waals surface area contributed by atoms with Gasteiger partial charge in [0.25, 0.3) is 10.1 Å². The standard InChI is InChI=1S/C51H84O12S/c1-3-5-7-9-11-13-15-17-19-20-21-22-23-24-26-27-29-31-33-35-37-39-46(52)60-41-44(42-61-51-50(56)49(55)48(54)45(63-51)43-64(57,58)59)62-47(53)40-38-36-34-32-30-28-25-18-16-14-12-10-8-6-4-2/h12,14,18-20,22-23,25-27,30-33,44-45,48-51,54-56H,3-11,13,15-17,21,24,28-29,34-43H2,1-2H3,(H,57,58,59)/b14-12+,20-19+,23-22+,25-18+,27-26+,32-30+,33-31+/t44-,45-,48-,49?,50?,51+/m1/s1. The van der Waals surface area contributed by atoms with Crippen LogP contribution in [0.2, 0.25) is 0 Å². The highest BCUT2D eigenvalue weighted by Crippen LogP contribution is 2.24. The molecule has 1 aliphatic rings. The van der Waals surface area contributed by atoms with E-state index >= 15 is 0 Å². The van der Waals surface area contributed by atoms with Crippen molar-refractivity contribution in [3.63, 3.8) is 0 Å². The van der Waals surface area contributed by atoms with Crippen molar-refractivity contribution in [1.29, 1.82) is 0 Å². The number of ether oxygens (including phenoxy) is 4. The maximum atomic E-state index is 12.8. The highest BCUT2D eigenvalue weighted by molar-refractivity contribution is 7.85.